The molecule has 82 valence electrons. The quantitative estimate of drug-likeness (QED) is 0.715. The highest BCUT2D eigenvalue weighted by molar-refractivity contribution is 6.33. The maximum atomic E-state index is 11.8. The molecule has 0 aliphatic heterocycles. The summed E-state index contributed by atoms with van der Waals surface area (Å²) in [5.74, 6) is 0.446. The van der Waals surface area contributed by atoms with E-state index in [1.807, 2.05) is 0 Å². The van der Waals surface area contributed by atoms with Crippen LogP contribution in [0.15, 0.2) is 18.3 Å². The molecule has 1 rings (SSSR count). The fraction of sp³-hybridized carbons (Fsp3) is 0.500. The first-order valence-electron chi connectivity index (χ1n) is 5.28. The van der Waals surface area contributed by atoms with E-state index in [0.29, 0.717) is 23.1 Å². The summed E-state index contributed by atoms with van der Waals surface area (Å²) in [6.45, 7) is 4.20. The van der Waals surface area contributed by atoms with Crippen molar-refractivity contribution in [2.45, 2.75) is 33.1 Å². The van der Waals surface area contributed by atoms with Gasteiger partial charge in [-0.3, -0.25) is 9.78 Å². The lowest BCUT2D eigenvalue weighted by atomic mass is 9.98. The number of rotatable bonds is 5. The zero-order valence-electron chi connectivity index (χ0n) is 9.16. The number of hydrogen-bond acceptors (Lipinski definition) is 2. The first kappa shape index (κ1) is 12.2. The van der Waals surface area contributed by atoms with Gasteiger partial charge in [0.15, 0.2) is 5.78 Å². The summed E-state index contributed by atoms with van der Waals surface area (Å²) in [6.07, 6.45) is 4.30. The van der Waals surface area contributed by atoms with Crippen molar-refractivity contribution < 1.29 is 4.79 Å². The van der Waals surface area contributed by atoms with Crippen molar-refractivity contribution in [1.82, 2.24) is 4.98 Å². The topological polar surface area (TPSA) is 30.0 Å². The Kier molecular flexibility index (Phi) is 4.76. The Balaban J connectivity index is 2.65. The zero-order valence-corrected chi connectivity index (χ0v) is 9.92. The van der Waals surface area contributed by atoms with Crippen molar-refractivity contribution in [1.29, 1.82) is 0 Å². The second-order valence-electron chi connectivity index (χ2n) is 3.85. The predicted molar refractivity (Wildman–Crippen MR) is 62.3 cm³/mol. The smallest absolute Gasteiger partial charge is 0.182 e. The van der Waals surface area contributed by atoms with E-state index in [9.17, 15) is 4.79 Å². The average molecular weight is 226 g/mol. The summed E-state index contributed by atoms with van der Waals surface area (Å²) in [7, 11) is 0. The first-order chi connectivity index (χ1) is 7.15. The Hall–Kier alpha value is -0.890. The second-order valence-corrected chi connectivity index (χ2v) is 4.26. The van der Waals surface area contributed by atoms with Gasteiger partial charge < -0.3 is 0 Å². The summed E-state index contributed by atoms with van der Waals surface area (Å²) < 4.78 is 0. The van der Waals surface area contributed by atoms with Crippen LogP contribution in [0.2, 0.25) is 5.02 Å². The molecule has 1 atom stereocenters. The molecule has 0 aliphatic carbocycles. The second kappa shape index (κ2) is 5.86. The summed E-state index contributed by atoms with van der Waals surface area (Å²) in [5.41, 5.74) is 0.405. The van der Waals surface area contributed by atoms with Crippen LogP contribution in [0.4, 0.5) is 0 Å². The van der Waals surface area contributed by atoms with Crippen molar-refractivity contribution in [3.8, 4) is 0 Å². The number of pyridine rings is 1. The van der Waals surface area contributed by atoms with Gasteiger partial charge in [-0.1, -0.05) is 38.3 Å². The largest absolute Gasteiger partial charge is 0.292 e. The number of carbonyl (C=O) groups excluding carboxylic acids is 1. The van der Waals surface area contributed by atoms with E-state index in [0.717, 1.165) is 12.8 Å². The Morgan fingerprint density at radius 2 is 2.33 bits per heavy atom. The van der Waals surface area contributed by atoms with Crippen molar-refractivity contribution >= 4 is 17.4 Å². The summed E-state index contributed by atoms with van der Waals surface area (Å²) in [6, 6.07) is 3.43. The molecule has 1 aromatic rings. The van der Waals surface area contributed by atoms with Crippen LogP contribution in [-0.2, 0) is 0 Å². The molecule has 15 heavy (non-hydrogen) atoms. The number of nitrogens with zero attached hydrogens (tertiary/aromatic N) is 1. The number of Topliss-reactive ketones (excluding diaryl/α,β-unsaturated/α-hetero) is 1. The maximum absolute atomic E-state index is 11.8. The van der Waals surface area contributed by atoms with E-state index in [1.54, 1.807) is 18.3 Å². The summed E-state index contributed by atoms with van der Waals surface area (Å²) in [4.78, 5) is 15.8. The third-order valence-electron chi connectivity index (χ3n) is 2.34. The minimum Gasteiger partial charge on any atom is -0.292 e. The van der Waals surface area contributed by atoms with Gasteiger partial charge in [-0.15, -0.1) is 0 Å². The molecule has 0 bridgehead atoms. The molecule has 0 amide bonds. The minimum absolute atomic E-state index is 0.0431. The van der Waals surface area contributed by atoms with Gasteiger partial charge in [0.2, 0.25) is 0 Å². The lowest BCUT2D eigenvalue weighted by Gasteiger charge is -2.08. The van der Waals surface area contributed by atoms with Gasteiger partial charge in [0.1, 0.15) is 5.69 Å². The molecule has 0 spiro atoms. The fourth-order valence-corrected chi connectivity index (χ4v) is 1.83. The van der Waals surface area contributed by atoms with Gasteiger partial charge in [-0.25, -0.2) is 0 Å². The van der Waals surface area contributed by atoms with Gasteiger partial charge in [0.25, 0.3) is 0 Å². The molecule has 0 saturated heterocycles. The molecule has 1 heterocycles. The monoisotopic (exact) mass is 225 g/mol. The molecule has 0 aromatic carbocycles. The number of halogens is 1. The molecule has 0 saturated carbocycles. The minimum atomic E-state index is 0.0431. The lowest BCUT2D eigenvalue weighted by Crippen LogP contribution is -2.08. The molecule has 2 nitrogen and oxygen atoms in total. The molecule has 0 fully saturated rings. The molecular weight excluding hydrogens is 210 g/mol. The highest BCUT2D eigenvalue weighted by atomic mass is 35.5. The van der Waals surface area contributed by atoms with Gasteiger partial charge in [0, 0.05) is 12.6 Å². The Morgan fingerprint density at radius 1 is 1.60 bits per heavy atom. The van der Waals surface area contributed by atoms with E-state index < -0.39 is 0 Å². The van der Waals surface area contributed by atoms with E-state index in [-0.39, 0.29) is 5.78 Å². The van der Waals surface area contributed by atoms with Gasteiger partial charge in [-0.05, 0) is 18.1 Å². The van der Waals surface area contributed by atoms with Crippen LogP contribution in [0.25, 0.3) is 0 Å². The first-order valence-corrected chi connectivity index (χ1v) is 5.66. The Bertz CT molecular complexity index is 338. The van der Waals surface area contributed by atoms with Gasteiger partial charge in [-0.2, -0.15) is 0 Å². The highest BCUT2D eigenvalue weighted by Gasteiger charge is 2.14. The van der Waals surface area contributed by atoms with E-state index >= 15 is 0 Å². The van der Waals surface area contributed by atoms with Crippen molar-refractivity contribution in [2.75, 3.05) is 0 Å². The molecule has 1 unspecified atom stereocenters. The van der Waals surface area contributed by atoms with Crippen LogP contribution >= 0.6 is 11.6 Å². The summed E-state index contributed by atoms with van der Waals surface area (Å²) in [5, 5.41) is 0.450. The van der Waals surface area contributed by atoms with Gasteiger partial charge >= 0.3 is 0 Å². The number of aromatic nitrogens is 1. The maximum Gasteiger partial charge on any atom is 0.182 e. The van der Waals surface area contributed by atoms with Crippen molar-refractivity contribution in [3.63, 3.8) is 0 Å². The Morgan fingerprint density at radius 3 is 2.93 bits per heavy atom. The Labute approximate surface area is 95.7 Å². The van der Waals surface area contributed by atoms with Crippen LogP contribution in [0, 0.1) is 5.92 Å². The molecular formula is C12H16ClNO. The average Bonchev–Trinajstić information content (AvgIpc) is 2.18. The summed E-state index contributed by atoms with van der Waals surface area (Å²) >= 11 is 5.90. The zero-order chi connectivity index (χ0) is 11.3. The number of ketones is 1. The number of carbonyl (C=O) groups is 1. The van der Waals surface area contributed by atoms with E-state index in [1.165, 1.54) is 0 Å². The molecule has 0 N–H and O–H groups in total. The van der Waals surface area contributed by atoms with Crippen molar-refractivity contribution in [3.05, 3.63) is 29.0 Å². The normalized spacial score (nSPS) is 12.5. The third kappa shape index (κ3) is 3.63. The van der Waals surface area contributed by atoms with Crippen LogP contribution in [-0.4, -0.2) is 10.8 Å². The van der Waals surface area contributed by atoms with E-state index in [4.69, 9.17) is 11.6 Å². The SMILES string of the molecule is CCCC(C)CC(=O)c1ncccc1Cl. The van der Waals surface area contributed by atoms with Gasteiger partial charge in [0.05, 0.1) is 5.02 Å². The molecule has 0 radical (unpaired) electrons. The van der Waals surface area contributed by atoms with E-state index in [2.05, 4.69) is 18.8 Å². The standard InChI is InChI=1S/C12H16ClNO/c1-3-5-9(2)8-11(15)12-10(13)6-4-7-14-12/h4,6-7,9H,3,5,8H2,1-2H3. The van der Waals surface area contributed by atoms with Crippen LogP contribution in [0.5, 0.6) is 0 Å². The predicted octanol–water partition coefficient (Wildman–Crippen LogP) is 3.74. The molecule has 3 heteroatoms. The number of hydrogen-bond donors (Lipinski definition) is 0. The fourth-order valence-electron chi connectivity index (χ4n) is 1.60. The highest BCUT2D eigenvalue weighted by Crippen LogP contribution is 2.18. The molecule has 1 aromatic heterocycles. The van der Waals surface area contributed by atoms with Crippen LogP contribution in [0.3, 0.4) is 0 Å². The third-order valence-corrected chi connectivity index (χ3v) is 2.64. The van der Waals surface area contributed by atoms with Crippen LogP contribution in [0.1, 0.15) is 43.6 Å². The van der Waals surface area contributed by atoms with Crippen LogP contribution < -0.4 is 0 Å². The van der Waals surface area contributed by atoms with Crippen molar-refractivity contribution in [2.24, 2.45) is 5.92 Å². The molecule has 0 aliphatic rings. The lowest BCUT2D eigenvalue weighted by molar-refractivity contribution is 0.0958.